The molecule has 0 heterocycles. The van der Waals surface area contributed by atoms with Crippen molar-refractivity contribution in [3.8, 4) is 0 Å². The molecule has 0 unspecified atom stereocenters. The van der Waals surface area contributed by atoms with E-state index in [0.29, 0.717) is 0 Å². The van der Waals surface area contributed by atoms with Gasteiger partial charge in [-0.25, -0.2) is 0 Å². The molecule has 0 aromatic heterocycles. The van der Waals surface area contributed by atoms with Crippen molar-refractivity contribution in [2.75, 3.05) is 0 Å². The second kappa shape index (κ2) is 710. The Morgan fingerprint density at radius 3 is 0.143 bits per heavy atom. The molecule has 0 N–H and O–H groups in total. The van der Waals surface area contributed by atoms with Crippen LogP contribution in [0.4, 0.5) is 0 Å². The van der Waals surface area contributed by atoms with Gasteiger partial charge in [0.15, 0.2) is 0 Å². The number of nitrogens with zero attached hydrogens (tertiary/aromatic N) is 9. The SMILES string of the molecule is [Hf+4].[Hf+4].[Hf+4].[Hf+4].[Hf+4].[N-3].[N-3].[N-3].[N-3].[N-3].[N-3].[N-3].[N-3].[N-3].[O-2].[O-2].[O-2].[O-2].[O-2].[O-2].[O-2].[O-2].[O-2].[Ta+5].[Ta+5].[Ta+5].[Ta+5].[Ta+5]. The molecule has 0 aliphatic carbocycles. The quantitative estimate of drug-likeness (QED) is 0.312. The molecular weight excluding hydrogens is 2070 g/mol. The Morgan fingerprint density at radius 1 is 0.143 bits per heavy atom. The van der Waals surface area contributed by atoms with Crippen LogP contribution in [0.25, 0.3) is 55.4 Å². The number of rotatable bonds is 0. The summed E-state index contributed by atoms with van der Waals surface area (Å²) in [5.41, 5.74) is 0. The molecule has 0 aliphatic rings. The van der Waals surface area contributed by atoms with Crippen LogP contribution in [0.15, 0.2) is 0 Å². The second-order valence-corrected chi connectivity index (χ2v) is 0. The van der Waals surface area contributed by atoms with E-state index in [9.17, 15) is 0 Å². The zero-order chi connectivity index (χ0) is 0. The summed E-state index contributed by atoms with van der Waals surface area (Å²) in [6, 6.07) is 0. The third-order valence-electron chi connectivity index (χ3n) is 0. The summed E-state index contributed by atoms with van der Waals surface area (Å²) in [7, 11) is 0. The third kappa shape index (κ3) is 648. The van der Waals surface area contributed by atoms with E-state index in [-0.39, 0.29) is 346 Å². The Labute approximate surface area is 339 Å². The van der Waals surface area contributed by atoms with Gasteiger partial charge in [-0.1, -0.05) is 0 Å². The molecule has 28 heteroatoms. The Kier molecular flexibility index (Phi) is 19600. The standard InChI is InChI=1S/5Hf.9N.9O.5Ta/q5*+4;9*-3;9*-2;5*+5. The Hall–Kier alpha value is 7.33. The molecule has 0 saturated heterocycles. The average molecular weight is 2070 g/mol. The molecule has 0 spiro atoms. The van der Waals surface area contributed by atoms with Gasteiger partial charge in [0.25, 0.3) is 0 Å². The predicted octanol–water partition coefficient (Wildman–Crippen LogP) is 1.50. The fraction of sp³-hybridized carbons (Fsp3) is 0. The Balaban J connectivity index is 0. The van der Waals surface area contributed by atoms with Crippen LogP contribution in [0.2, 0.25) is 0 Å². The molecule has 0 amide bonds. The normalized spacial score (nSPS) is 0. The fourth-order valence-electron chi connectivity index (χ4n) is 0. The minimum atomic E-state index is 0. The molecule has 0 aromatic rings. The van der Waals surface area contributed by atoms with Crippen molar-refractivity contribution in [3.63, 3.8) is 0 Å². The first-order chi connectivity index (χ1) is 0. The number of hydrogen-bond donors (Lipinski definition) is 0. The van der Waals surface area contributed by atoms with Crippen LogP contribution in [0.3, 0.4) is 0 Å². The van der Waals surface area contributed by atoms with E-state index >= 15 is 0 Å². The van der Waals surface area contributed by atoms with Gasteiger partial charge in [-0.2, -0.15) is 0 Å². The molecule has 0 rings (SSSR count). The van der Waals surface area contributed by atoms with E-state index in [2.05, 4.69) is 0 Å². The maximum Gasteiger partial charge on any atom is 5.00 e. The first kappa shape index (κ1) is 775. The van der Waals surface area contributed by atoms with Crippen molar-refractivity contribution in [3.05, 3.63) is 55.4 Å². The predicted molar refractivity (Wildman–Crippen MR) is 36.4 cm³/mol. The van der Waals surface area contributed by atoms with Gasteiger partial charge in [0.2, 0.25) is 0 Å². The van der Waals surface area contributed by atoms with Crippen LogP contribution < -0.4 is 0 Å². The van der Waals surface area contributed by atoms with Crippen molar-refractivity contribution >= 4 is 0 Å². The Morgan fingerprint density at radius 2 is 0.143 bits per heavy atom. The van der Waals surface area contributed by atoms with E-state index in [1.807, 2.05) is 0 Å². The third-order valence-corrected chi connectivity index (χ3v) is 0. The summed E-state index contributed by atoms with van der Waals surface area (Å²) >= 11 is 0. The smallest absolute Gasteiger partial charge is 3.00 e. The minimum Gasteiger partial charge on any atom is -3.00 e. The van der Waals surface area contributed by atoms with E-state index in [1.54, 1.807) is 0 Å². The van der Waals surface area contributed by atoms with Crippen molar-refractivity contribution < 1.29 is 290 Å². The minimum absolute atomic E-state index is 0. The summed E-state index contributed by atoms with van der Waals surface area (Å²) < 4.78 is 0. The first-order valence-electron chi connectivity index (χ1n) is 0. The summed E-state index contributed by atoms with van der Waals surface area (Å²) in [4.78, 5) is 0. The molecule has 18 nitrogen and oxygen atoms in total. The molecule has 0 atom stereocenters. The monoisotopic (exact) mass is 2070 g/mol. The molecule has 0 aromatic carbocycles. The molecular formula is Hf5N9O9Ta5. The van der Waals surface area contributed by atoms with Crippen molar-refractivity contribution in [2.45, 2.75) is 0 Å². The number of hydrogen-bond acceptors (Lipinski definition) is 0. The van der Waals surface area contributed by atoms with Gasteiger partial charge in [-0.3, -0.25) is 0 Å². The molecule has 0 radical (unpaired) electrons. The van der Waals surface area contributed by atoms with Crippen LogP contribution >= 0.6 is 0 Å². The van der Waals surface area contributed by atoms with Gasteiger partial charge < -0.3 is 105 Å². The van der Waals surface area contributed by atoms with Crippen LogP contribution in [0.1, 0.15) is 0 Å². The van der Waals surface area contributed by atoms with Crippen LogP contribution in [-0.2, 0) is 290 Å². The van der Waals surface area contributed by atoms with E-state index in [0.717, 1.165) is 0 Å². The van der Waals surface area contributed by atoms with Gasteiger partial charge in [-0.15, -0.1) is 0 Å². The van der Waals surface area contributed by atoms with Gasteiger partial charge in [-0.05, 0) is 0 Å². The van der Waals surface area contributed by atoms with Crippen LogP contribution in [0, 0.1) is 0 Å². The average Bonchev–Trinajstić information content (AvgIpc) is 0. The molecule has 0 fully saturated rings. The zero-order valence-corrected chi connectivity index (χ0v) is 46.5. The van der Waals surface area contributed by atoms with Crippen LogP contribution in [-0.4, -0.2) is 0 Å². The summed E-state index contributed by atoms with van der Waals surface area (Å²) in [6.45, 7) is 0. The summed E-state index contributed by atoms with van der Waals surface area (Å²) in [5.74, 6) is 0. The molecule has 144 valence electrons. The van der Waals surface area contributed by atoms with Gasteiger partial charge in [0.1, 0.15) is 0 Å². The summed E-state index contributed by atoms with van der Waals surface area (Å²) in [6.07, 6.45) is 0. The van der Waals surface area contributed by atoms with Gasteiger partial charge in [0.05, 0.1) is 0 Å². The van der Waals surface area contributed by atoms with E-state index in [1.165, 1.54) is 0 Å². The molecule has 0 aliphatic heterocycles. The Bertz CT molecular complexity index is 54.3. The molecule has 0 bridgehead atoms. The van der Waals surface area contributed by atoms with E-state index in [4.69, 9.17) is 0 Å². The van der Waals surface area contributed by atoms with Crippen molar-refractivity contribution in [2.24, 2.45) is 0 Å². The topological polar surface area (TPSA) is 531 Å². The van der Waals surface area contributed by atoms with E-state index < -0.39 is 0 Å². The second-order valence-electron chi connectivity index (χ2n) is 0. The zero-order valence-electron chi connectivity index (χ0n) is 12.4. The first-order valence-corrected chi connectivity index (χ1v) is 0. The van der Waals surface area contributed by atoms with Crippen LogP contribution in [0.5, 0.6) is 0 Å². The molecule has 0 saturated carbocycles. The summed E-state index contributed by atoms with van der Waals surface area (Å²) in [5, 5.41) is 0. The van der Waals surface area contributed by atoms with Crippen molar-refractivity contribution in [1.82, 2.24) is 0 Å². The van der Waals surface area contributed by atoms with Gasteiger partial charge >= 0.3 is 241 Å². The maximum absolute atomic E-state index is 0. The van der Waals surface area contributed by atoms with Crippen molar-refractivity contribution in [1.29, 1.82) is 0 Å². The fourth-order valence-corrected chi connectivity index (χ4v) is 0. The molecule has 28 heavy (non-hydrogen) atoms. The van der Waals surface area contributed by atoms with Gasteiger partial charge in [0, 0.05) is 0 Å². The maximum atomic E-state index is 0. The largest absolute Gasteiger partial charge is 5.00 e.